The molecule has 0 unspecified atom stereocenters. The summed E-state index contributed by atoms with van der Waals surface area (Å²) >= 11 is 0. The van der Waals surface area contributed by atoms with Crippen LogP contribution in [0.25, 0.3) is 0 Å². The molecule has 0 aliphatic carbocycles. The highest BCUT2D eigenvalue weighted by Gasteiger charge is 2.13. The first kappa shape index (κ1) is 15.3. The van der Waals surface area contributed by atoms with Gasteiger partial charge in [0, 0.05) is 12.2 Å². The normalized spacial score (nSPS) is 11.3. The van der Waals surface area contributed by atoms with Crippen molar-refractivity contribution >= 4 is 21.6 Å². The zero-order chi connectivity index (χ0) is 15.3. The number of carbonyl (C=O) groups is 1. The zero-order valence-corrected chi connectivity index (χ0v) is 12.3. The van der Waals surface area contributed by atoms with Gasteiger partial charge in [-0.3, -0.25) is 4.79 Å². The number of sulfonamides is 1. The Balaban J connectivity index is 2.07. The fraction of sp³-hybridized carbons (Fsp3) is 0.214. The third-order valence-corrected chi connectivity index (χ3v) is 4.19. The highest BCUT2D eigenvalue weighted by Crippen LogP contribution is 2.15. The molecular weight excluding hydrogens is 292 g/mol. The molecule has 0 fully saturated rings. The fourth-order valence-electron chi connectivity index (χ4n) is 1.64. The molecule has 6 nitrogen and oxygen atoms in total. The number of rotatable bonds is 6. The molecule has 0 spiro atoms. The molecule has 0 aliphatic heterocycles. The highest BCUT2D eigenvalue weighted by atomic mass is 32.2. The minimum atomic E-state index is -3.49. The number of hydrogen-bond donors (Lipinski definition) is 2. The van der Waals surface area contributed by atoms with Crippen LogP contribution in [-0.2, 0) is 10.0 Å². The van der Waals surface area contributed by atoms with Crippen LogP contribution in [0.1, 0.15) is 23.9 Å². The molecule has 2 rings (SSSR count). The lowest BCUT2D eigenvalue weighted by atomic mass is 10.3. The summed E-state index contributed by atoms with van der Waals surface area (Å²) in [6.07, 6.45) is 2.13. The molecule has 7 heteroatoms. The monoisotopic (exact) mass is 308 g/mol. The first-order chi connectivity index (χ1) is 10.0. The van der Waals surface area contributed by atoms with E-state index in [1.165, 1.54) is 30.5 Å². The average Bonchev–Trinajstić information content (AvgIpc) is 3.00. The van der Waals surface area contributed by atoms with Crippen LogP contribution in [0.5, 0.6) is 0 Å². The molecule has 0 radical (unpaired) electrons. The molecular formula is C14H16N2O4S. The number of anilines is 1. The quantitative estimate of drug-likeness (QED) is 0.856. The number of nitrogens with one attached hydrogen (secondary N) is 2. The van der Waals surface area contributed by atoms with Gasteiger partial charge in [-0.1, -0.05) is 6.92 Å². The Kier molecular flexibility index (Phi) is 4.77. The summed E-state index contributed by atoms with van der Waals surface area (Å²) < 4.78 is 31.2. The topological polar surface area (TPSA) is 88.4 Å². The Hall–Kier alpha value is -2.12. The number of furan rings is 1. The predicted molar refractivity (Wildman–Crippen MR) is 78.6 cm³/mol. The maximum Gasteiger partial charge on any atom is 0.291 e. The van der Waals surface area contributed by atoms with Gasteiger partial charge in [0.15, 0.2) is 5.76 Å². The van der Waals surface area contributed by atoms with Crippen LogP contribution in [-0.4, -0.2) is 20.9 Å². The molecule has 0 saturated carbocycles. The predicted octanol–water partition coefficient (Wildman–Crippen LogP) is 2.22. The molecule has 2 N–H and O–H groups in total. The van der Waals surface area contributed by atoms with E-state index in [9.17, 15) is 13.2 Å². The lowest BCUT2D eigenvalue weighted by Crippen LogP contribution is -2.24. The van der Waals surface area contributed by atoms with E-state index in [0.29, 0.717) is 12.2 Å². The van der Waals surface area contributed by atoms with Crippen molar-refractivity contribution in [2.75, 3.05) is 11.9 Å². The van der Waals surface area contributed by atoms with Gasteiger partial charge in [0.1, 0.15) is 0 Å². The van der Waals surface area contributed by atoms with Crippen LogP contribution < -0.4 is 10.0 Å². The van der Waals surface area contributed by atoms with Crippen LogP contribution >= 0.6 is 0 Å². The van der Waals surface area contributed by atoms with Gasteiger partial charge in [0.05, 0.1) is 11.2 Å². The standard InChI is InChI=1S/C14H16N2O4S/c1-2-9-15-21(18,19)12-7-5-11(6-8-12)16-14(17)13-4-3-10-20-13/h3-8,10,15H,2,9H2,1H3,(H,16,17). The van der Waals surface area contributed by atoms with Crippen LogP contribution in [0.3, 0.4) is 0 Å². The second-order valence-corrected chi connectivity index (χ2v) is 6.12. The van der Waals surface area contributed by atoms with Gasteiger partial charge in [-0.15, -0.1) is 0 Å². The van der Waals surface area contributed by atoms with Crippen molar-refractivity contribution in [1.29, 1.82) is 0 Å². The first-order valence-electron chi connectivity index (χ1n) is 6.47. The minimum Gasteiger partial charge on any atom is -0.459 e. The minimum absolute atomic E-state index is 0.159. The van der Waals surface area contributed by atoms with Gasteiger partial charge in [0.25, 0.3) is 5.91 Å². The summed E-state index contributed by atoms with van der Waals surface area (Å²) in [5.74, 6) is -0.198. The molecule has 1 aromatic carbocycles. The summed E-state index contributed by atoms with van der Waals surface area (Å²) in [4.78, 5) is 11.9. The number of carbonyl (C=O) groups excluding carboxylic acids is 1. The van der Waals surface area contributed by atoms with Crippen molar-refractivity contribution in [2.45, 2.75) is 18.2 Å². The Morgan fingerprint density at radius 1 is 1.19 bits per heavy atom. The van der Waals surface area contributed by atoms with E-state index in [0.717, 1.165) is 6.42 Å². The average molecular weight is 308 g/mol. The summed E-state index contributed by atoms with van der Waals surface area (Å²) in [7, 11) is -3.49. The van der Waals surface area contributed by atoms with E-state index in [1.807, 2.05) is 6.92 Å². The van der Waals surface area contributed by atoms with Crippen molar-refractivity contribution in [2.24, 2.45) is 0 Å². The van der Waals surface area contributed by atoms with Crippen molar-refractivity contribution in [1.82, 2.24) is 4.72 Å². The molecule has 2 aromatic rings. The van der Waals surface area contributed by atoms with Gasteiger partial charge >= 0.3 is 0 Å². The molecule has 1 heterocycles. The number of benzene rings is 1. The van der Waals surface area contributed by atoms with Crippen LogP contribution in [0.15, 0.2) is 52.0 Å². The van der Waals surface area contributed by atoms with Gasteiger partial charge in [0.2, 0.25) is 10.0 Å². The maximum atomic E-state index is 11.9. The molecule has 1 aromatic heterocycles. The largest absolute Gasteiger partial charge is 0.459 e. The van der Waals surface area contributed by atoms with E-state index in [4.69, 9.17) is 4.42 Å². The molecule has 112 valence electrons. The summed E-state index contributed by atoms with van der Waals surface area (Å²) in [6.45, 7) is 2.27. The van der Waals surface area contributed by atoms with E-state index >= 15 is 0 Å². The van der Waals surface area contributed by atoms with E-state index in [1.54, 1.807) is 12.1 Å². The van der Waals surface area contributed by atoms with Crippen molar-refractivity contribution in [3.63, 3.8) is 0 Å². The maximum absolute atomic E-state index is 11.9. The van der Waals surface area contributed by atoms with Gasteiger partial charge in [-0.05, 0) is 42.8 Å². The number of hydrogen-bond acceptors (Lipinski definition) is 4. The molecule has 0 saturated heterocycles. The lowest BCUT2D eigenvalue weighted by molar-refractivity contribution is 0.0996. The Labute approximate surface area is 123 Å². The highest BCUT2D eigenvalue weighted by molar-refractivity contribution is 7.89. The second-order valence-electron chi connectivity index (χ2n) is 4.35. The smallest absolute Gasteiger partial charge is 0.291 e. The van der Waals surface area contributed by atoms with E-state index in [2.05, 4.69) is 10.0 Å². The Bertz CT molecular complexity index is 691. The molecule has 0 atom stereocenters. The second kappa shape index (κ2) is 6.55. The summed E-state index contributed by atoms with van der Waals surface area (Å²) in [5.41, 5.74) is 0.492. The van der Waals surface area contributed by atoms with Crippen LogP contribution in [0, 0.1) is 0 Å². The molecule has 21 heavy (non-hydrogen) atoms. The SMILES string of the molecule is CCCNS(=O)(=O)c1ccc(NC(=O)c2ccco2)cc1. The van der Waals surface area contributed by atoms with Gasteiger partial charge in [-0.2, -0.15) is 0 Å². The van der Waals surface area contributed by atoms with Crippen molar-refractivity contribution < 1.29 is 17.6 Å². The van der Waals surface area contributed by atoms with Crippen molar-refractivity contribution in [3.05, 3.63) is 48.4 Å². The van der Waals surface area contributed by atoms with Crippen LogP contribution in [0.2, 0.25) is 0 Å². The third kappa shape index (κ3) is 3.93. The Morgan fingerprint density at radius 3 is 2.48 bits per heavy atom. The van der Waals surface area contributed by atoms with E-state index in [-0.39, 0.29) is 16.6 Å². The fourth-order valence-corrected chi connectivity index (χ4v) is 2.77. The van der Waals surface area contributed by atoms with E-state index < -0.39 is 10.0 Å². The Morgan fingerprint density at radius 2 is 1.90 bits per heavy atom. The summed E-state index contributed by atoms with van der Waals surface area (Å²) in [6, 6.07) is 9.10. The zero-order valence-electron chi connectivity index (χ0n) is 11.5. The number of amides is 1. The summed E-state index contributed by atoms with van der Waals surface area (Å²) in [5, 5.41) is 2.62. The van der Waals surface area contributed by atoms with Gasteiger partial charge in [-0.25, -0.2) is 13.1 Å². The molecule has 0 aliphatic rings. The van der Waals surface area contributed by atoms with Crippen LogP contribution in [0.4, 0.5) is 5.69 Å². The van der Waals surface area contributed by atoms with Crippen molar-refractivity contribution in [3.8, 4) is 0 Å². The third-order valence-electron chi connectivity index (χ3n) is 2.71. The first-order valence-corrected chi connectivity index (χ1v) is 7.96. The molecule has 1 amide bonds. The lowest BCUT2D eigenvalue weighted by Gasteiger charge is -2.07. The van der Waals surface area contributed by atoms with Gasteiger partial charge < -0.3 is 9.73 Å². The molecule has 0 bridgehead atoms.